The van der Waals surface area contributed by atoms with Crippen molar-refractivity contribution in [2.45, 2.75) is 70.0 Å². The number of nitrogens with zero attached hydrogens (tertiary/aromatic N) is 2. The number of fused-ring (bicyclic) bond motifs is 2. The van der Waals surface area contributed by atoms with Gasteiger partial charge in [-0.05, 0) is 69.9 Å². The fourth-order valence-corrected chi connectivity index (χ4v) is 5.35. The summed E-state index contributed by atoms with van der Waals surface area (Å²) >= 11 is 5.72. The van der Waals surface area contributed by atoms with Gasteiger partial charge in [0.05, 0.1) is 16.5 Å². The van der Waals surface area contributed by atoms with Crippen LogP contribution in [0.5, 0.6) is 5.75 Å². The van der Waals surface area contributed by atoms with Gasteiger partial charge in [-0.25, -0.2) is 4.98 Å². The summed E-state index contributed by atoms with van der Waals surface area (Å²) in [6, 6.07) is 6.12. The molecule has 0 aliphatic carbocycles. The topological polar surface area (TPSA) is 83.6 Å². The Morgan fingerprint density at radius 1 is 1.05 bits per heavy atom. The summed E-state index contributed by atoms with van der Waals surface area (Å²) in [6.45, 7) is 1.45. The molecule has 2 aliphatic heterocycles. The zero-order chi connectivity index (χ0) is 30.2. The van der Waals surface area contributed by atoms with Crippen LogP contribution in [-0.4, -0.2) is 54.3 Å². The minimum atomic E-state index is -4.67. The molecule has 4 rings (SSSR count). The third kappa shape index (κ3) is 7.55. The number of piperidine rings is 1. The van der Waals surface area contributed by atoms with Gasteiger partial charge in [0.15, 0.2) is 0 Å². The van der Waals surface area contributed by atoms with Gasteiger partial charge < -0.3 is 20.3 Å². The number of anilines is 1. The number of ether oxygens (including phenoxy) is 1. The van der Waals surface area contributed by atoms with Crippen LogP contribution in [0.25, 0.3) is 0 Å². The van der Waals surface area contributed by atoms with E-state index in [1.165, 1.54) is 18.3 Å². The Labute approximate surface area is 237 Å². The summed E-state index contributed by atoms with van der Waals surface area (Å²) in [7, 11) is 0. The molecule has 0 radical (unpaired) electrons. The first-order chi connectivity index (χ1) is 19.0. The van der Waals surface area contributed by atoms with Crippen molar-refractivity contribution in [3.05, 3.63) is 52.7 Å². The summed E-state index contributed by atoms with van der Waals surface area (Å²) < 4.78 is 82.7. The Morgan fingerprint density at radius 2 is 1.71 bits per heavy atom. The van der Waals surface area contributed by atoms with Gasteiger partial charge in [0.1, 0.15) is 24.7 Å². The smallest absolute Gasteiger partial charge is 0.420 e. The van der Waals surface area contributed by atoms with Crippen LogP contribution in [-0.2, 0) is 11.0 Å². The molecule has 2 bridgehead atoms. The Kier molecular flexibility index (Phi) is 8.68. The van der Waals surface area contributed by atoms with E-state index in [9.17, 15) is 35.9 Å². The molecule has 1 aromatic heterocycles. The summed E-state index contributed by atoms with van der Waals surface area (Å²) in [5.74, 6) is -1.05. The summed E-state index contributed by atoms with van der Waals surface area (Å²) in [5, 5.41) is 4.75. The van der Waals surface area contributed by atoms with E-state index in [1.54, 1.807) is 19.9 Å². The minimum absolute atomic E-state index is 0.0119. The summed E-state index contributed by atoms with van der Waals surface area (Å²) in [5.41, 5.74) is -2.14. The van der Waals surface area contributed by atoms with Crippen molar-refractivity contribution in [2.24, 2.45) is 5.41 Å². The van der Waals surface area contributed by atoms with E-state index in [2.05, 4.69) is 15.2 Å². The van der Waals surface area contributed by atoms with Gasteiger partial charge in [-0.15, -0.1) is 0 Å². The highest BCUT2D eigenvalue weighted by Crippen LogP contribution is 2.40. The lowest BCUT2D eigenvalue weighted by Crippen LogP contribution is -2.53. The zero-order valence-corrected chi connectivity index (χ0v) is 23.0. The molecule has 2 saturated heterocycles. The van der Waals surface area contributed by atoms with Gasteiger partial charge in [-0.3, -0.25) is 9.59 Å². The lowest BCUT2D eigenvalue weighted by Gasteiger charge is -2.40. The van der Waals surface area contributed by atoms with Crippen molar-refractivity contribution in [3.8, 4) is 5.75 Å². The lowest BCUT2D eigenvalue weighted by molar-refractivity contribution is -0.139. The van der Waals surface area contributed by atoms with Gasteiger partial charge in [-0.1, -0.05) is 11.6 Å². The number of halogens is 7. The van der Waals surface area contributed by atoms with Crippen LogP contribution in [0.15, 0.2) is 36.5 Å². The molecule has 2 aliphatic rings. The molecule has 2 aromatic rings. The number of carbonyl (C=O) groups is 2. The van der Waals surface area contributed by atoms with Crippen LogP contribution >= 0.6 is 11.6 Å². The first-order valence-electron chi connectivity index (χ1n) is 12.9. The number of hydrogen-bond acceptors (Lipinski definition) is 5. The van der Waals surface area contributed by atoms with E-state index < -0.39 is 41.5 Å². The van der Waals surface area contributed by atoms with Crippen LogP contribution < -0.4 is 20.3 Å². The van der Waals surface area contributed by atoms with Crippen molar-refractivity contribution in [1.82, 2.24) is 15.6 Å². The predicted molar refractivity (Wildman–Crippen MR) is 139 cm³/mol. The molecule has 2 amide bonds. The van der Waals surface area contributed by atoms with Crippen LogP contribution in [0, 0.1) is 5.41 Å². The molecule has 2 N–H and O–H groups in total. The zero-order valence-electron chi connectivity index (χ0n) is 22.2. The van der Waals surface area contributed by atoms with Crippen molar-refractivity contribution >= 4 is 29.2 Å². The van der Waals surface area contributed by atoms with Crippen LogP contribution in [0.1, 0.15) is 55.5 Å². The van der Waals surface area contributed by atoms with Gasteiger partial charge >= 0.3 is 12.4 Å². The second-order valence-corrected chi connectivity index (χ2v) is 11.4. The second-order valence-electron chi connectivity index (χ2n) is 10.9. The Bertz CT molecular complexity index is 1260. The molecule has 0 spiro atoms. The number of alkyl halides is 6. The highest BCUT2D eigenvalue weighted by Gasteiger charge is 2.43. The van der Waals surface area contributed by atoms with E-state index in [0.29, 0.717) is 18.7 Å². The fraction of sp³-hybridized carbons (Fsp3) is 0.519. The normalized spacial score (nSPS) is 21.0. The molecule has 3 atom stereocenters. The lowest BCUT2D eigenvalue weighted by atomic mass is 9.91. The summed E-state index contributed by atoms with van der Waals surface area (Å²) in [6.07, 6.45) is -5.06. The first kappa shape index (κ1) is 30.7. The van der Waals surface area contributed by atoms with E-state index in [0.717, 1.165) is 25.0 Å². The van der Waals surface area contributed by atoms with Gasteiger partial charge in [-0.2, -0.15) is 26.3 Å². The number of rotatable bonds is 8. The Balaban J connectivity index is 1.34. The molecular formula is C27H29ClF6N4O3. The average molecular weight is 607 g/mol. The van der Waals surface area contributed by atoms with Gasteiger partial charge in [0.25, 0.3) is 5.91 Å². The van der Waals surface area contributed by atoms with Crippen LogP contribution in [0.2, 0.25) is 5.02 Å². The van der Waals surface area contributed by atoms with E-state index in [-0.39, 0.29) is 41.2 Å². The SMILES string of the molecule is CC(C)(COc1ccc(Cl)cc1C(F)(F)F)C(=O)N[C@H]1C[C@H]2CC[C@@H](C1)N2c1ccc(C(=O)NCC(F)(F)F)cn1. The van der Waals surface area contributed by atoms with Crippen LogP contribution in [0.3, 0.4) is 0 Å². The molecule has 14 heteroatoms. The number of carbonyl (C=O) groups excluding carboxylic acids is 2. The van der Waals surface area contributed by atoms with Crippen molar-refractivity contribution in [2.75, 3.05) is 18.1 Å². The maximum absolute atomic E-state index is 13.4. The monoisotopic (exact) mass is 606 g/mol. The van der Waals surface area contributed by atoms with Crippen molar-refractivity contribution in [1.29, 1.82) is 0 Å². The average Bonchev–Trinajstić information content (AvgIpc) is 3.15. The highest BCUT2D eigenvalue weighted by atomic mass is 35.5. The van der Waals surface area contributed by atoms with Crippen molar-refractivity contribution in [3.63, 3.8) is 0 Å². The largest absolute Gasteiger partial charge is 0.492 e. The number of aromatic nitrogens is 1. The third-order valence-electron chi connectivity index (χ3n) is 7.24. The van der Waals surface area contributed by atoms with E-state index in [1.807, 2.05) is 5.32 Å². The molecule has 224 valence electrons. The Hall–Kier alpha value is -3.22. The highest BCUT2D eigenvalue weighted by molar-refractivity contribution is 6.30. The fourth-order valence-electron chi connectivity index (χ4n) is 5.18. The minimum Gasteiger partial charge on any atom is -0.492 e. The summed E-state index contributed by atoms with van der Waals surface area (Å²) in [4.78, 5) is 31.5. The van der Waals surface area contributed by atoms with Crippen molar-refractivity contribution < 1.29 is 40.7 Å². The molecule has 2 fully saturated rings. The second kappa shape index (κ2) is 11.6. The number of benzene rings is 1. The van der Waals surface area contributed by atoms with Gasteiger partial charge in [0, 0.05) is 29.3 Å². The molecule has 1 aromatic carbocycles. The maximum atomic E-state index is 13.4. The third-order valence-corrected chi connectivity index (χ3v) is 7.48. The quantitative estimate of drug-likeness (QED) is 0.373. The first-order valence-corrected chi connectivity index (χ1v) is 13.3. The van der Waals surface area contributed by atoms with E-state index in [4.69, 9.17) is 16.3 Å². The number of nitrogens with one attached hydrogen (secondary N) is 2. The Morgan fingerprint density at radius 3 is 2.27 bits per heavy atom. The number of hydrogen-bond donors (Lipinski definition) is 2. The number of pyridine rings is 1. The van der Waals surface area contributed by atoms with E-state index >= 15 is 0 Å². The van der Waals surface area contributed by atoms with Crippen LogP contribution in [0.4, 0.5) is 32.2 Å². The molecule has 0 unspecified atom stereocenters. The molecule has 41 heavy (non-hydrogen) atoms. The molecular weight excluding hydrogens is 578 g/mol. The number of amides is 2. The molecule has 0 saturated carbocycles. The molecule has 7 nitrogen and oxygen atoms in total. The maximum Gasteiger partial charge on any atom is 0.420 e. The molecule has 3 heterocycles. The van der Waals surface area contributed by atoms with Gasteiger partial charge in [0.2, 0.25) is 5.91 Å². The standard InChI is InChI=1S/C27H29ClF6N4O3/c1-25(2,14-41-21-7-4-16(28)9-20(21)27(32,33)34)24(40)37-17-10-18-5-6-19(11-17)38(18)22-8-3-15(12-35-22)23(39)36-13-26(29,30)31/h3-4,7-9,12,17-19H,5-6,10-11,13-14H2,1-2H3,(H,36,39)(H,37,40)/t17-,18+,19-. The predicted octanol–water partition coefficient (Wildman–Crippen LogP) is 5.77.